The third-order valence-corrected chi connectivity index (χ3v) is 5.04. The molecule has 6 heteroatoms. The number of nitriles is 1. The van der Waals surface area contributed by atoms with Gasteiger partial charge in [0.2, 0.25) is 0 Å². The molecule has 0 saturated heterocycles. The molecule has 0 saturated carbocycles. The minimum atomic E-state index is -0.0319. The fraction of sp³-hybridized carbons (Fsp3) is 0.222. The summed E-state index contributed by atoms with van der Waals surface area (Å²) in [5, 5.41) is 11.6. The van der Waals surface area contributed by atoms with Crippen molar-refractivity contribution in [1.29, 1.82) is 5.26 Å². The highest BCUT2D eigenvalue weighted by atomic mass is 79.9. The van der Waals surface area contributed by atoms with Crippen LogP contribution in [-0.2, 0) is 17.8 Å². The molecule has 1 amide bonds. The van der Waals surface area contributed by atoms with E-state index in [9.17, 15) is 4.79 Å². The highest BCUT2D eigenvalue weighted by Gasteiger charge is 2.15. The number of hydrogen-bond donors (Lipinski definition) is 2. The molecule has 0 fully saturated rings. The summed E-state index contributed by atoms with van der Waals surface area (Å²) in [6.07, 6.45) is 2.21. The van der Waals surface area contributed by atoms with Crippen LogP contribution in [-0.4, -0.2) is 19.0 Å². The van der Waals surface area contributed by atoms with Crippen LogP contribution >= 0.6 is 27.3 Å². The Kier molecular flexibility index (Phi) is 7.19. The van der Waals surface area contributed by atoms with Crippen LogP contribution in [0.4, 0.5) is 5.69 Å². The number of thiophene rings is 1. The van der Waals surface area contributed by atoms with Crippen LogP contribution < -0.4 is 10.2 Å². The summed E-state index contributed by atoms with van der Waals surface area (Å²) in [5.41, 5.74) is 1.69. The fourth-order valence-corrected chi connectivity index (χ4v) is 3.89. The molecule has 0 aliphatic rings. The van der Waals surface area contributed by atoms with Gasteiger partial charge in [-0.05, 0) is 51.8 Å². The predicted molar refractivity (Wildman–Crippen MR) is 101 cm³/mol. The standard InChI is InChI=1S/C18H18BrN3OS/c1-2-11-22(12-16-7-8-17(19)24-16)13-18(23)21-15-5-3-14(4-6-15)9-10-20/h2-8H,1,9,11-13H2,(H,21,23)/p+1. The zero-order valence-corrected chi connectivity index (χ0v) is 15.6. The zero-order valence-electron chi connectivity index (χ0n) is 13.2. The summed E-state index contributed by atoms with van der Waals surface area (Å²) < 4.78 is 1.09. The number of rotatable bonds is 8. The van der Waals surface area contributed by atoms with Crippen LogP contribution in [0.5, 0.6) is 0 Å². The van der Waals surface area contributed by atoms with Gasteiger partial charge in [-0.25, -0.2) is 0 Å². The number of anilines is 1. The van der Waals surface area contributed by atoms with E-state index in [1.807, 2.05) is 36.4 Å². The van der Waals surface area contributed by atoms with Crippen LogP contribution in [0.15, 0.2) is 52.8 Å². The molecule has 1 aromatic heterocycles. The molecule has 124 valence electrons. The lowest BCUT2D eigenvalue weighted by atomic mass is 10.1. The molecule has 1 atom stereocenters. The molecule has 0 aliphatic heterocycles. The SMILES string of the molecule is C=CC[NH+](CC(=O)Nc1ccc(CC#N)cc1)Cc1ccc(Br)s1. The summed E-state index contributed by atoms with van der Waals surface area (Å²) in [6, 6.07) is 13.6. The van der Waals surface area contributed by atoms with Crippen molar-refractivity contribution < 1.29 is 9.69 Å². The molecule has 1 aromatic carbocycles. The summed E-state index contributed by atoms with van der Waals surface area (Å²) in [5.74, 6) is -0.0319. The van der Waals surface area contributed by atoms with Crippen molar-refractivity contribution >= 4 is 38.9 Å². The summed E-state index contributed by atoms with van der Waals surface area (Å²) in [4.78, 5) is 14.6. The second-order valence-corrected chi connectivity index (χ2v) is 7.93. The largest absolute Gasteiger partial charge is 0.321 e. The lowest BCUT2D eigenvalue weighted by molar-refractivity contribution is -0.899. The first-order valence-electron chi connectivity index (χ1n) is 7.55. The Morgan fingerprint density at radius 2 is 2.08 bits per heavy atom. The summed E-state index contributed by atoms with van der Waals surface area (Å²) in [7, 11) is 0. The normalized spacial score (nSPS) is 11.5. The van der Waals surface area contributed by atoms with Crippen LogP contribution in [0, 0.1) is 11.3 Å². The third-order valence-electron chi connectivity index (χ3n) is 3.42. The van der Waals surface area contributed by atoms with Gasteiger partial charge in [0.25, 0.3) is 5.91 Å². The number of hydrogen-bond acceptors (Lipinski definition) is 3. The minimum absolute atomic E-state index is 0.0319. The zero-order chi connectivity index (χ0) is 17.4. The van der Waals surface area contributed by atoms with Crippen LogP contribution in [0.2, 0.25) is 0 Å². The van der Waals surface area contributed by atoms with Crippen molar-refractivity contribution in [1.82, 2.24) is 0 Å². The first-order chi connectivity index (χ1) is 11.6. The molecule has 0 aliphatic carbocycles. The summed E-state index contributed by atoms with van der Waals surface area (Å²) >= 11 is 5.15. The number of halogens is 1. The van der Waals surface area contributed by atoms with Gasteiger partial charge >= 0.3 is 0 Å². The molecule has 0 spiro atoms. The molecule has 0 bridgehead atoms. The van der Waals surface area contributed by atoms with E-state index in [-0.39, 0.29) is 5.91 Å². The van der Waals surface area contributed by atoms with Gasteiger partial charge in [0, 0.05) is 5.69 Å². The van der Waals surface area contributed by atoms with Gasteiger partial charge < -0.3 is 10.2 Å². The Labute approximate surface area is 154 Å². The maximum Gasteiger partial charge on any atom is 0.279 e. The van der Waals surface area contributed by atoms with Crippen molar-refractivity contribution in [2.75, 3.05) is 18.4 Å². The quantitative estimate of drug-likeness (QED) is 0.664. The Hall–Kier alpha value is -1.94. The highest BCUT2D eigenvalue weighted by molar-refractivity contribution is 9.11. The molecular weight excluding hydrogens is 386 g/mol. The first-order valence-corrected chi connectivity index (χ1v) is 9.16. The van der Waals surface area contributed by atoms with Crippen LogP contribution in [0.1, 0.15) is 10.4 Å². The van der Waals surface area contributed by atoms with Gasteiger partial charge in [0.1, 0.15) is 6.54 Å². The Bertz CT molecular complexity index is 733. The van der Waals surface area contributed by atoms with Gasteiger partial charge in [-0.2, -0.15) is 5.26 Å². The molecule has 0 radical (unpaired) electrons. The molecule has 1 heterocycles. The number of carbonyl (C=O) groups is 1. The van der Waals surface area contributed by atoms with E-state index in [4.69, 9.17) is 5.26 Å². The Morgan fingerprint density at radius 3 is 2.67 bits per heavy atom. The van der Waals surface area contributed by atoms with E-state index in [1.54, 1.807) is 11.3 Å². The predicted octanol–water partition coefficient (Wildman–Crippen LogP) is 2.79. The van der Waals surface area contributed by atoms with Crippen LogP contribution in [0.3, 0.4) is 0 Å². The van der Waals surface area contributed by atoms with E-state index >= 15 is 0 Å². The molecule has 2 aromatic rings. The lowest BCUT2D eigenvalue weighted by Gasteiger charge is -2.16. The van der Waals surface area contributed by atoms with Crippen molar-refractivity contribution in [3.05, 3.63) is 63.3 Å². The number of nitrogens with one attached hydrogen (secondary N) is 2. The first kappa shape index (κ1) is 18.4. The van der Waals surface area contributed by atoms with E-state index < -0.39 is 0 Å². The smallest absolute Gasteiger partial charge is 0.279 e. The van der Waals surface area contributed by atoms with Crippen molar-refractivity contribution in [2.24, 2.45) is 0 Å². The number of nitrogens with zero attached hydrogens (tertiary/aromatic N) is 1. The third kappa shape index (κ3) is 5.93. The fourth-order valence-electron chi connectivity index (χ4n) is 2.33. The van der Waals surface area contributed by atoms with Gasteiger partial charge in [0.15, 0.2) is 6.54 Å². The molecule has 24 heavy (non-hydrogen) atoms. The van der Waals surface area contributed by atoms with Crippen molar-refractivity contribution in [2.45, 2.75) is 13.0 Å². The van der Waals surface area contributed by atoms with Gasteiger partial charge in [0.05, 0.1) is 27.7 Å². The topological polar surface area (TPSA) is 57.3 Å². The minimum Gasteiger partial charge on any atom is -0.321 e. The van der Waals surface area contributed by atoms with Gasteiger partial charge in [-0.3, -0.25) is 4.79 Å². The molecule has 2 rings (SSSR count). The second kappa shape index (κ2) is 9.38. The summed E-state index contributed by atoms with van der Waals surface area (Å²) in [6.45, 7) is 5.67. The second-order valence-electron chi connectivity index (χ2n) is 5.38. The molecular formula is C18H19BrN3OS+. The molecule has 4 nitrogen and oxygen atoms in total. The number of quaternary nitrogens is 1. The number of carbonyl (C=O) groups excluding carboxylic acids is 1. The van der Waals surface area contributed by atoms with E-state index in [1.165, 1.54) is 4.88 Å². The van der Waals surface area contributed by atoms with Crippen molar-refractivity contribution in [3.63, 3.8) is 0 Å². The highest BCUT2D eigenvalue weighted by Crippen LogP contribution is 2.21. The van der Waals surface area contributed by atoms with E-state index in [2.05, 4.69) is 40.0 Å². The van der Waals surface area contributed by atoms with Crippen molar-refractivity contribution in [3.8, 4) is 6.07 Å². The van der Waals surface area contributed by atoms with Crippen LogP contribution in [0.25, 0.3) is 0 Å². The maximum absolute atomic E-state index is 12.3. The number of amides is 1. The van der Waals surface area contributed by atoms with E-state index in [0.29, 0.717) is 13.0 Å². The van der Waals surface area contributed by atoms with E-state index in [0.717, 1.165) is 33.0 Å². The Morgan fingerprint density at radius 1 is 1.33 bits per heavy atom. The van der Waals surface area contributed by atoms with Gasteiger partial charge in [-0.1, -0.05) is 18.7 Å². The average Bonchev–Trinajstić information content (AvgIpc) is 2.95. The number of benzene rings is 1. The monoisotopic (exact) mass is 404 g/mol. The lowest BCUT2D eigenvalue weighted by Crippen LogP contribution is -3.11. The van der Waals surface area contributed by atoms with Gasteiger partial charge in [-0.15, -0.1) is 11.3 Å². The average molecular weight is 405 g/mol. The maximum atomic E-state index is 12.3. The molecule has 1 unspecified atom stereocenters. The molecule has 2 N–H and O–H groups in total. The Balaban J connectivity index is 1.92.